The van der Waals surface area contributed by atoms with Gasteiger partial charge in [-0.2, -0.15) is 0 Å². The van der Waals surface area contributed by atoms with Crippen LogP contribution < -0.4 is 16.0 Å². The van der Waals surface area contributed by atoms with Crippen LogP contribution in [0.2, 0.25) is 0 Å². The molecule has 1 aromatic heterocycles. The largest absolute Gasteiger partial charge is 0.383 e. The molecule has 1 unspecified atom stereocenters. The van der Waals surface area contributed by atoms with Gasteiger partial charge in [0.2, 0.25) is 0 Å². The molecule has 0 fully saturated rings. The molecule has 2 aromatic rings. The van der Waals surface area contributed by atoms with Crippen LogP contribution in [0.4, 0.5) is 16.3 Å². The number of carbonyl (C=O) groups is 2. The van der Waals surface area contributed by atoms with Crippen LogP contribution in [0.3, 0.4) is 0 Å². The Kier molecular flexibility index (Phi) is 6.33. The molecule has 1 aliphatic rings. The van der Waals surface area contributed by atoms with E-state index in [4.69, 9.17) is 10.1 Å². The summed E-state index contributed by atoms with van der Waals surface area (Å²) < 4.78 is 5.58. The van der Waals surface area contributed by atoms with Crippen molar-refractivity contribution in [2.24, 2.45) is 0 Å². The minimum atomic E-state index is -0.435. The van der Waals surface area contributed by atoms with Crippen molar-refractivity contribution in [2.45, 2.75) is 19.4 Å². The molecule has 0 saturated heterocycles. The lowest BCUT2D eigenvalue weighted by Crippen LogP contribution is -2.36. The smallest absolute Gasteiger partial charge is 0.320 e. The van der Waals surface area contributed by atoms with Crippen molar-refractivity contribution >= 4 is 29.5 Å². The monoisotopic (exact) mass is 381 g/mol. The second-order valence-electron chi connectivity index (χ2n) is 6.39. The molecule has 0 spiro atoms. The van der Waals surface area contributed by atoms with E-state index in [1.54, 1.807) is 6.07 Å². The molecule has 1 atom stereocenters. The summed E-state index contributed by atoms with van der Waals surface area (Å²) in [6.45, 7) is 2.64. The predicted molar refractivity (Wildman–Crippen MR) is 107 cm³/mol. The number of aromatic nitrogens is 1. The number of pyridine rings is 1. The number of ether oxygens (including phenoxy) is 1. The van der Waals surface area contributed by atoms with Crippen molar-refractivity contribution < 1.29 is 14.3 Å². The third kappa shape index (κ3) is 4.72. The summed E-state index contributed by atoms with van der Waals surface area (Å²) in [7, 11) is 0. The van der Waals surface area contributed by atoms with Crippen LogP contribution in [-0.4, -0.2) is 42.8 Å². The lowest BCUT2D eigenvalue weighted by atomic mass is 10.1. The molecule has 1 aromatic carbocycles. The van der Waals surface area contributed by atoms with E-state index in [2.05, 4.69) is 20.9 Å². The van der Waals surface area contributed by atoms with Gasteiger partial charge in [-0.1, -0.05) is 30.3 Å². The Hall–Kier alpha value is -3.26. The summed E-state index contributed by atoms with van der Waals surface area (Å²) in [6.07, 6.45) is 1.22. The number of anilines is 2. The van der Waals surface area contributed by atoms with Crippen LogP contribution in [0, 0.1) is 5.41 Å². The first-order valence-electron chi connectivity index (χ1n) is 9.11. The number of nitrogens with zero attached hydrogens (tertiary/aromatic N) is 1. The number of amides is 2. The van der Waals surface area contributed by atoms with Crippen molar-refractivity contribution in [3.63, 3.8) is 0 Å². The lowest BCUT2D eigenvalue weighted by Gasteiger charge is -2.21. The summed E-state index contributed by atoms with van der Waals surface area (Å²) >= 11 is 0. The predicted octanol–water partition coefficient (Wildman–Crippen LogP) is 2.52. The Labute approximate surface area is 163 Å². The third-order valence-corrected chi connectivity index (χ3v) is 4.29. The summed E-state index contributed by atoms with van der Waals surface area (Å²) in [6, 6.07) is 10.2. The SMILES string of the molecule is CCNc1c(C=N)cc2nc1CC(=O)COCC(c1ccccc1)NC(=O)N2. The topological polar surface area (TPSA) is 116 Å². The number of hydrogen-bond donors (Lipinski definition) is 4. The first-order chi connectivity index (χ1) is 13.6. The Morgan fingerprint density at radius 1 is 1.32 bits per heavy atom. The highest BCUT2D eigenvalue weighted by atomic mass is 16.5. The molecular weight excluding hydrogens is 358 g/mol. The summed E-state index contributed by atoms with van der Waals surface area (Å²) in [4.78, 5) is 29.3. The molecule has 146 valence electrons. The van der Waals surface area contributed by atoms with Crippen molar-refractivity contribution in [1.82, 2.24) is 10.3 Å². The fourth-order valence-corrected chi connectivity index (χ4v) is 3.05. The average Bonchev–Trinajstić information content (AvgIpc) is 2.68. The maximum absolute atomic E-state index is 12.5. The number of fused-ring (bicyclic) bond motifs is 2. The Bertz CT molecular complexity index is 870. The fourth-order valence-electron chi connectivity index (χ4n) is 3.05. The molecule has 28 heavy (non-hydrogen) atoms. The summed E-state index contributed by atoms with van der Waals surface area (Å²) in [5.41, 5.74) is 2.52. The van der Waals surface area contributed by atoms with E-state index in [1.165, 1.54) is 6.21 Å². The van der Waals surface area contributed by atoms with Gasteiger partial charge in [0.05, 0.1) is 30.5 Å². The number of ketones is 1. The number of benzene rings is 1. The molecule has 0 aliphatic carbocycles. The number of carbonyl (C=O) groups excluding carboxylic acids is 2. The van der Waals surface area contributed by atoms with Crippen molar-refractivity contribution in [3.8, 4) is 0 Å². The van der Waals surface area contributed by atoms with Crippen molar-refractivity contribution in [1.29, 1.82) is 5.41 Å². The van der Waals surface area contributed by atoms with Crippen LogP contribution in [0.5, 0.6) is 0 Å². The highest BCUT2D eigenvalue weighted by Crippen LogP contribution is 2.23. The van der Waals surface area contributed by atoms with Crippen molar-refractivity contribution in [3.05, 3.63) is 53.2 Å². The highest BCUT2D eigenvalue weighted by molar-refractivity contribution is 5.94. The van der Waals surface area contributed by atoms with Gasteiger partial charge >= 0.3 is 6.03 Å². The van der Waals surface area contributed by atoms with Gasteiger partial charge in [-0.3, -0.25) is 10.1 Å². The molecular formula is C20H23N5O3. The van der Waals surface area contributed by atoms with Gasteiger partial charge in [-0.15, -0.1) is 0 Å². The maximum atomic E-state index is 12.5. The molecule has 2 bridgehead atoms. The first kappa shape index (κ1) is 19.5. The zero-order valence-electron chi connectivity index (χ0n) is 15.6. The van der Waals surface area contributed by atoms with E-state index in [1.807, 2.05) is 37.3 Å². The van der Waals surface area contributed by atoms with E-state index in [0.717, 1.165) is 5.56 Å². The number of hydrogen-bond acceptors (Lipinski definition) is 6. The van der Waals surface area contributed by atoms with Gasteiger partial charge in [0.25, 0.3) is 0 Å². The molecule has 0 saturated carbocycles. The van der Waals surface area contributed by atoms with E-state index in [0.29, 0.717) is 23.5 Å². The van der Waals surface area contributed by atoms with Gasteiger partial charge in [0.1, 0.15) is 12.4 Å². The Morgan fingerprint density at radius 3 is 2.82 bits per heavy atom. The lowest BCUT2D eigenvalue weighted by molar-refractivity contribution is -0.123. The zero-order valence-corrected chi connectivity index (χ0v) is 15.6. The molecule has 3 rings (SSSR count). The molecule has 4 N–H and O–H groups in total. The van der Waals surface area contributed by atoms with Gasteiger partial charge in [0.15, 0.2) is 5.78 Å². The number of nitrogens with one attached hydrogen (secondary N) is 4. The van der Waals surface area contributed by atoms with Crippen molar-refractivity contribution in [2.75, 3.05) is 30.4 Å². The van der Waals surface area contributed by atoms with E-state index >= 15 is 0 Å². The van der Waals surface area contributed by atoms with Crippen LogP contribution in [0.1, 0.15) is 29.8 Å². The van der Waals surface area contributed by atoms with Gasteiger partial charge in [-0.05, 0) is 18.6 Å². The molecule has 1 aliphatic heterocycles. The number of Topliss-reactive ketones (excluding diaryl/α,β-unsaturated/α-hetero) is 1. The van der Waals surface area contributed by atoms with E-state index in [9.17, 15) is 9.59 Å². The number of rotatable bonds is 4. The second kappa shape index (κ2) is 9.09. The number of urea groups is 1. The fraction of sp³-hybridized carbons (Fsp3) is 0.300. The first-order valence-corrected chi connectivity index (χ1v) is 9.11. The Morgan fingerprint density at radius 2 is 2.11 bits per heavy atom. The van der Waals surface area contributed by atoms with Gasteiger partial charge in [0, 0.05) is 18.3 Å². The standard InChI is InChI=1S/C20H23N5O3/c1-2-22-19-14(10-21)8-18-23-16(19)9-15(26)11-28-12-17(24-20(27)25-18)13-6-4-3-5-7-13/h3-8,10,17,21-22H,2,9,11-12H2,1H3,(H2,23,24,25,27). The quantitative estimate of drug-likeness (QED) is 0.607. The normalized spacial score (nSPS) is 17.5. The molecule has 0 radical (unpaired) electrons. The molecule has 8 heteroatoms. The van der Waals surface area contributed by atoms with Crippen LogP contribution in [0.15, 0.2) is 36.4 Å². The average molecular weight is 381 g/mol. The highest BCUT2D eigenvalue weighted by Gasteiger charge is 2.20. The van der Waals surface area contributed by atoms with Gasteiger partial charge < -0.3 is 20.8 Å². The van der Waals surface area contributed by atoms with Crippen LogP contribution in [0.25, 0.3) is 0 Å². The maximum Gasteiger partial charge on any atom is 0.320 e. The van der Waals surface area contributed by atoms with E-state index < -0.39 is 12.1 Å². The molecule has 8 nitrogen and oxygen atoms in total. The molecule has 2 heterocycles. The Balaban J connectivity index is 1.94. The second-order valence-corrected chi connectivity index (χ2v) is 6.39. The zero-order chi connectivity index (χ0) is 19.9. The third-order valence-electron chi connectivity index (χ3n) is 4.29. The van der Waals surface area contributed by atoms with Gasteiger partial charge in [-0.25, -0.2) is 9.78 Å². The summed E-state index contributed by atoms with van der Waals surface area (Å²) in [5.74, 6) is 0.159. The van der Waals surface area contributed by atoms with E-state index in [-0.39, 0.29) is 31.2 Å². The summed E-state index contributed by atoms with van der Waals surface area (Å²) in [5, 5.41) is 16.4. The minimum Gasteiger partial charge on any atom is -0.383 e. The molecule has 2 amide bonds. The minimum absolute atomic E-state index is 0.0519. The van der Waals surface area contributed by atoms with Crippen LogP contribution >= 0.6 is 0 Å². The van der Waals surface area contributed by atoms with Crippen LogP contribution in [-0.2, 0) is 16.0 Å².